The minimum atomic E-state index is -0.218. The maximum absolute atomic E-state index is 13.5. The van der Waals surface area contributed by atoms with Crippen molar-refractivity contribution >= 4 is 0 Å². The summed E-state index contributed by atoms with van der Waals surface area (Å²) in [6.45, 7) is 4.69. The van der Waals surface area contributed by atoms with Gasteiger partial charge in [0, 0.05) is 18.0 Å². The maximum atomic E-state index is 13.5. The van der Waals surface area contributed by atoms with Crippen molar-refractivity contribution in [2.75, 3.05) is 6.54 Å². The van der Waals surface area contributed by atoms with E-state index >= 15 is 0 Å². The molecular formula is C14H16FN3. The SMILES string of the molecule is CCNC(c1cncnc1)c1cc(C)cc(F)c1. The minimum absolute atomic E-state index is 0.0781. The van der Waals surface area contributed by atoms with E-state index in [1.54, 1.807) is 18.5 Å². The van der Waals surface area contributed by atoms with E-state index in [4.69, 9.17) is 0 Å². The smallest absolute Gasteiger partial charge is 0.123 e. The van der Waals surface area contributed by atoms with Crippen LogP contribution in [0.1, 0.15) is 29.7 Å². The van der Waals surface area contributed by atoms with Gasteiger partial charge in [0.25, 0.3) is 0 Å². The van der Waals surface area contributed by atoms with Crippen molar-refractivity contribution in [3.63, 3.8) is 0 Å². The zero-order valence-electron chi connectivity index (χ0n) is 10.5. The minimum Gasteiger partial charge on any atom is -0.306 e. The number of benzene rings is 1. The Hall–Kier alpha value is -1.81. The average Bonchev–Trinajstić information content (AvgIpc) is 2.36. The van der Waals surface area contributed by atoms with Crippen molar-refractivity contribution in [1.82, 2.24) is 15.3 Å². The molecule has 0 saturated heterocycles. The first-order valence-corrected chi connectivity index (χ1v) is 5.96. The first kappa shape index (κ1) is 12.6. The number of hydrogen-bond acceptors (Lipinski definition) is 3. The van der Waals surface area contributed by atoms with Crippen molar-refractivity contribution in [1.29, 1.82) is 0 Å². The van der Waals surface area contributed by atoms with E-state index in [0.717, 1.165) is 23.2 Å². The van der Waals surface area contributed by atoms with Gasteiger partial charge >= 0.3 is 0 Å². The van der Waals surface area contributed by atoms with Crippen LogP contribution >= 0.6 is 0 Å². The Balaban J connectivity index is 2.41. The number of aromatic nitrogens is 2. The van der Waals surface area contributed by atoms with Gasteiger partial charge in [-0.1, -0.05) is 13.0 Å². The van der Waals surface area contributed by atoms with E-state index < -0.39 is 0 Å². The zero-order valence-corrected chi connectivity index (χ0v) is 10.5. The quantitative estimate of drug-likeness (QED) is 0.899. The van der Waals surface area contributed by atoms with Crippen molar-refractivity contribution < 1.29 is 4.39 Å². The lowest BCUT2D eigenvalue weighted by Crippen LogP contribution is -2.22. The van der Waals surface area contributed by atoms with Gasteiger partial charge < -0.3 is 5.32 Å². The van der Waals surface area contributed by atoms with Gasteiger partial charge in [0.2, 0.25) is 0 Å². The Labute approximate surface area is 106 Å². The lowest BCUT2D eigenvalue weighted by atomic mass is 9.99. The fraction of sp³-hybridized carbons (Fsp3) is 0.286. The zero-order chi connectivity index (χ0) is 13.0. The molecule has 18 heavy (non-hydrogen) atoms. The summed E-state index contributed by atoms with van der Waals surface area (Å²) in [7, 11) is 0. The second-order valence-electron chi connectivity index (χ2n) is 4.22. The lowest BCUT2D eigenvalue weighted by Gasteiger charge is -2.18. The van der Waals surface area contributed by atoms with Gasteiger partial charge in [0.1, 0.15) is 12.1 Å². The van der Waals surface area contributed by atoms with Crippen LogP contribution in [0.2, 0.25) is 0 Å². The number of rotatable bonds is 4. The number of aryl methyl sites for hydroxylation is 1. The first-order chi connectivity index (χ1) is 8.70. The molecule has 0 fully saturated rings. The lowest BCUT2D eigenvalue weighted by molar-refractivity contribution is 0.599. The normalized spacial score (nSPS) is 12.4. The molecule has 0 aliphatic rings. The monoisotopic (exact) mass is 245 g/mol. The summed E-state index contributed by atoms with van der Waals surface area (Å²) in [5, 5.41) is 3.32. The number of hydrogen-bond donors (Lipinski definition) is 1. The van der Waals surface area contributed by atoms with Gasteiger partial charge in [-0.3, -0.25) is 0 Å². The van der Waals surface area contributed by atoms with Crippen LogP contribution in [0.4, 0.5) is 4.39 Å². The van der Waals surface area contributed by atoms with E-state index in [-0.39, 0.29) is 11.9 Å². The highest BCUT2D eigenvalue weighted by atomic mass is 19.1. The first-order valence-electron chi connectivity index (χ1n) is 5.96. The molecule has 2 rings (SSSR count). The Bertz CT molecular complexity index is 493. The van der Waals surface area contributed by atoms with Gasteiger partial charge in [0.05, 0.1) is 6.04 Å². The summed E-state index contributed by atoms with van der Waals surface area (Å²) in [6, 6.07) is 4.97. The van der Waals surface area contributed by atoms with E-state index in [2.05, 4.69) is 15.3 Å². The van der Waals surface area contributed by atoms with E-state index in [1.807, 2.05) is 19.9 Å². The van der Waals surface area contributed by atoms with Crippen LogP contribution < -0.4 is 5.32 Å². The molecule has 4 heteroatoms. The molecule has 0 spiro atoms. The summed E-state index contributed by atoms with van der Waals surface area (Å²) in [4.78, 5) is 8.03. The van der Waals surface area contributed by atoms with Crippen LogP contribution in [0.25, 0.3) is 0 Å². The molecule has 1 unspecified atom stereocenters. The Morgan fingerprint density at radius 1 is 1.17 bits per heavy atom. The molecule has 0 aliphatic carbocycles. The molecule has 1 atom stereocenters. The summed E-state index contributed by atoms with van der Waals surface area (Å²) < 4.78 is 13.5. The van der Waals surface area contributed by atoms with E-state index in [1.165, 1.54) is 12.4 Å². The predicted molar refractivity (Wildman–Crippen MR) is 68.7 cm³/mol. The Morgan fingerprint density at radius 2 is 1.89 bits per heavy atom. The van der Waals surface area contributed by atoms with E-state index in [0.29, 0.717) is 0 Å². The van der Waals surface area contributed by atoms with Gasteiger partial charge in [-0.25, -0.2) is 14.4 Å². The van der Waals surface area contributed by atoms with Crippen molar-refractivity contribution in [2.24, 2.45) is 0 Å². The van der Waals surface area contributed by atoms with Crippen molar-refractivity contribution in [3.8, 4) is 0 Å². The fourth-order valence-corrected chi connectivity index (χ4v) is 2.02. The standard InChI is InChI=1S/C14H16FN3/c1-3-18-14(12-7-16-9-17-8-12)11-4-10(2)5-13(15)6-11/h4-9,14,18H,3H2,1-2H3. The number of nitrogens with zero attached hydrogens (tertiary/aromatic N) is 2. The van der Waals surface area contributed by atoms with E-state index in [9.17, 15) is 4.39 Å². The molecule has 1 heterocycles. The van der Waals surface area contributed by atoms with Crippen LogP contribution in [0.5, 0.6) is 0 Å². The second-order valence-corrected chi connectivity index (χ2v) is 4.22. The van der Waals surface area contributed by atoms with Crippen molar-refractivity contribution in [2.45, 2.75) is 19.9 Å². The van der Waals surface area contributed by atoms with Gasteiger partial charge in [0.15, 0.2) is 0 Å². The van der Waals surface area contributed by atoms with Crippen molar-refractivity contribution in [3.05, 3.63) is 59.4 Å². The van der Waals surface area contributed by atoms with Crippen LogP contribution in [0.3, 0.4) is 0 Å². The molecule has 3 nitrogen and oxygen atoms in total. The highest BCUT2D eigenvalue weighted by Crippen LogP contribution is 2.22. The topological polar surface area (TPSA) is 37.8 Å². The fourth-order valence-electron chi connectivity index (χ4n) is 2.02. The molecule has 1 aromatic carbocycles. The third-order valence-electron chi connectivity index (χ3n) is 2.72. The molecule has 0 saturated carbocycles. The molecule has 0 radical (unpaired) electrons. The summed E-state index contributed by atoms with van der Waals surface area (Å²) in [6.07, 6.45) is 4.99. The van der Waals surface area contributed by atoms with Crippen LogP contribution in [-0.4, -0.2) is 16.5 Å². The number of nitrogens with one attached hydrogen (secondary N) is 1. The van der Waals surface area contributed by atoms with Gasteiger partial charge in [-0.15, -0.1) is 0 Å². The third kappa shape index (κ3) is 2.90. The molecule has 0 amide bonds. The van der Waals surface area contributed by atoms with Gasteiger partial charge in [-0.2, -0.15) is 0 Å². The number of halogens is 1. The molecule has 2 aromatic rings. The summed E-state index contributed by atoms with van der Waals surface area (Å²) >= 11 is 0. The Morgan fingerprint density at radius 3 is 2.50 bits per heavy atom. The second kappa shape index (κ2) is 5.69. The molecular weight excluding hydrogens is 229 g/mol. The predicted octanol–water partition coefficient (Wildman–Crippen LogP) is 2.62. The molecule has 1 N–H and O–H groups in total. The maximum Gasteiger partial charge on any atom is 0.123 e. The van der Waals surface area contributed by atoms with Crippen LogP contribution in [0.15, 0.2) is 36.9 Å². The average molecular weight is 245 g/mol. The van der Waals surface area contributed by atoms with Gasteiger partial charge in [-0.05, 0) is 36.7 Å². The molecule has 94 valence electrons. The summed E-state index contributed by atoms with van der Waals surface area (Å²) in [5.74, 6) is -0.218. The highest BCUT2D eigenvalue weighted by molar-refractivity contribution is 5.32. The summed E-state index contributed by atoms with van der Waals surface area (Å²) in [5.41, 5.74) is 2.73. The van der Waals surface area contributed by atoms with Crippen LogP contribution in [-0.2, 0) is 0 Å². The third-order valence-corrected chi connectivity index (χ3v) is 2.72. The molecule has 0 aliphatic heterocycles. The largest absolute Gasteiger partial charge is 0.306 e. The highest BCUT2D eigenvalue weighted by Gasteiger charge is 2.14. The molecule has 0 bridgehead atoms. The molecule has 1 aromatic heterocycles. The Kier molecular flexibility index (Phi) is 3.99. The van der Waals surface area contributed by atoms with Crippen LogP contribution in [0, 0.1) is 12.7 Å².